The van der Waals surface area contributed by atoms with Crippen molar-refractivity contribution in [3.05, 3.63) is 47.8 Å². The average Bonchev–Trinajstić information content (AvgIpc) is 2.54. The van der Waals surface area contributed by atoms with E-state index in [-0.39, 0.29) is 0 Å². The minimum atomic E-state index is -3.63. The molecule has 1 aliphatic carbocycles. The number of nitrogens with zero attached hydrogens (tertiary/aromatic N) is 1. The quantitative estimate of drug-likeness (QED) is 0.941. The molecule has 1 heterocycles. The molecule has 22 heavy (non-hydrogen) atoms. The standard InChI is InChI=1S/C16H18N2O3S/c1-21-15-8-9-16(14-7-3-2-6-13(14)15)22(19,20)18-12-5-4-10-17-11-12/h4-5,8-11,18H,2-3,6-7H2,1H3. The Kier molecular flexibility index (Phi) is 4.02. The Morgan fingerprint density at radius 1 is 1.14 bits per heavy atom. The fourth-order valence-electron chi connectivity index (χ4n) is 2.88. The van der Waals surface area contributed by atoms with Gasteiger partial charge in [0.1, 0.15) is 5.75 Å². The number of nitrogens with one attached hydrogen (secondary N) is 1. The molecule has 1 aromatic heterocycles. The van der Waals surface area contributed by atoms with Gasteiger partial charge in [-0.3, -0.25) is 9.71 Å². The summed E-state index contributed by atoms with van der Waals surface area (Å²) in [5.74, 6) is 0.773. The predicted molar refractivity (Wildman–Crippen MR) is 84.7 cm³/mol. The van der Waals surface area contributed by atoms with E-state index in [9.17, 15) is 8.42 Å². The van der Waals surface area contributed by atoms with Gasteiger partial charge in [-0.25, -0.2) is 8.42 Å². The molecule has 1 N–H and O–H groups in total. The third-order valence-corrected chi connectivity index (χ3v) is 5.34. The van der Waals surface area contributed by atoms with Crippen LogP contribution in [0.25, 0.3) is 0 Å². The Labute approximate surface area is 130 Å². The second-order valence-electron chi connectivity index (χ2n) is 5.28. The molecule has 6 heteroatoms. The zero-order valence-corrected chi connectivity index (χ0v) is 13.2. The van der Waals surface area contributed by atoms with Crippen LogP contribution in [0.15, 0.2) is 41.6 Å². The first-order valence-electron chi connectivity index (χ1n) is 7.23. The molecule has 5 nitrogen and oxygen atoms in total. The molecule has 116 valence electrons. The number of fused-ring (bicyclic) bond motifs is 1. The van der Waals surface area contributed by atoms with E-state index in [0.717, 1.165) is 42.6 Å². The van der Waals surface area contributed by atoms with Gasteiger partial charge in [-0.2, -0.15) is 0 Å². The van der Waals surface area contributed by atoms with Crippen molar-refractivity contribution in [3.8, 4) is 5.75 Å². The van der Waals surface area contributed by atoms with Gasteiger partial charge in [0.25, 0.3) is 10.0 Å². The lowest BCUT2D eigenvalue weighted by atomic mass is 9.91. The number of pyridine rings is 1. The molecule has 0 fully saturated rings. The molecule has 0 bridgehead atoms. The molecule has 0 radical (unpaired) electrons. The van der Waals surface area contributed by atoms with Gasteiger partial charge in [-0.15, -0.1) is 0 Å². The van der Waals surface area contributed by atoms with Gasteiger partial charge < -0.3 is 4.74 Å². The maximum atomic E-state index is 12.7. The first-order chi connectivity index (χ1) is 10.6. The first-order valence-corrected chi connectivity index (χ1v) is 8.72. The van der Waals surface area contributed by atoms with Crippen molar-refractivity contribution < 1.29 is 13.2 Å². The average molecular weight is 318 g/mol. The lowest BCUT2D eigenvalue weighted by Gasteiger charge is -2.22. The van der Waals surface area contributed by atoms with Gasteiger partial charge in [0, 0.05) is 6.20 Å². The van der Waals surface area contributed by atoms with Crippen LogP contribution in [0.5, 0.6) is 5.75 Å². The molecule has 0 atom stereocenters. The summed E-state index contributed by atoms with van der Waals surface area (Å²) < 4.78 is 33.4. The molecule has 3 rings (SSSR count). The van der Waals surface area contributed by atoms with Crippen LogP contribution in [-0.2, 0) is 22.9 Å². The summed E-state index contributed by atoms with van der Waals surface area (Å²) >= 11 is 0. The van der Waals surface area contributed by atoms with Crippen LogP contribution in [0.3, 0.4) is 0 Å². The summed E-state index contributed by atoms with van der Waals surface area (Å²) in [6.07, 6.45) is 6.77. The van der Waals surface area contributed by atoms with Gasteiger partial charge in [0.15, 0.2) is 0 Å². The third kappa shape index (κ3) is 2.78. The number of hydrogen-bond donors (Lipinski definition) is 1. The lowest BCUT2D eigenvalue weighted by Crippen LogP contribution is -2.18. The smallest absolute Gasteiger partial charge is 0.262 e. The van der Waals surface area contributed by atoms with E-state index in [0.29, 0.717) is 10.6 Å². The number of sulfonamides is 1. The van der Waals surface area contributed by atoms with Crippen molar-refractivity contribution in [1.82, 2.24) is 4.98 Å². The Balaban J connectivity index is 2.04. The summed E-state index contributed by atoms with van der Waals surface area (Å²) in [6.45, 7) is 0. The van der Waals surface area contributed by atoms with Gasteiger partial charge in [0.2, 0.25) is 0 Å². The fraction of sp³-hybridized carbons (Fsp3) is 0.312. The topological polar surface area (TPSA) is 68.3 Å². The van der Waals surface area contributed by atoms with E-state index < -0.39 is 10.0 Å². The Morgan fingerprint density at radius 3 is 2.59 bits per heavy atom. The minimum absolute atomic E-state index is 0.340. The zero-order valence-electron chi connectivity index (χ0n) is 12.4. The molecule has 0 spiro atoms. The number of rotatable bonds is 4. The number of anilines is 1. The molecule has 0 saturated heterocycles. The maximum Gasteiger partial charge on any atom is 0.262 e. The Morgan fingerprint density at radius 2 is 1.91 bits per heavy atom. The van der Waals surface area contributed by atoms with Gasteiger partial charge >= 0.3 is 0 Å². The van der Waals surface area contributed by atoms with Gasteiger partial charge in [-0.05, 0) is 61.1 Å². The van der Waals surface area contributed by atoms with Crippen molar-refractivity contribution in [1.29, 1.82) is 0 Å². The number of hydrogen-bond acceptors (Lipinski definition) is 4. The van der Waals surface area contributed by atoms with Crippen LogP contribution in [0.2, 0.25) is 0 Å². The molecule has 2 aromatic rings. The van der Waals surface area contributed by atoms with Crippen LogP contribution in [0.4, 0.5) is 5.69 Å². The summed E-state index contributed by atoms with van der Waals surface area (Å²) in [4.78, 5) is 4.27. The minimum Gasteiger partial charge on any atom is -0.496 e. The molecule has 0 aliphatic heterocycles. The Bertz CT molecular complexity index is 773. The molecule has 1 aromatic carbocycles. The summed E-state index contributed by atoms with van der Waals surface area (Å²) in [7, 11) is -2.01. The predicted octanol–water partition coefficient (Wildman–Crippen LogP) is 2.77. The van der Waals surface area contributed by atoms with Crippen LogP contribution >= 0.6 is 0 Å². The van der Waals surface area contributed by atoms with Gasteiger partial charge in [-0.1, -0.05) is 0 Å². The highest BCUT2D eigenvalue weighted by Gasteiger charge is 2.25. The normalized spacial score (nSPS) is 14.2. The van der Waals surface area contributed by atoms with Crippen LogP contribution < -0.4 is 9.46 Å². The van der Waals surface area contributed by atoms with E-state index >= 15 is 0 Å². The van der Waals surface area contributed by atoms with Crippen LogP contribution in [0, 0.1) is 0 Å². The SMILES string of the molecule is COc1ccc(S(=O)(=O)Nc2cccnc2)c2c1CCCC2. The molecule has 0 saturated carbocycles. The second-order valence-corrected chi connectivity index (χ2v) is 6.93. The molecule has 1 aliphatic rings. The van der Waals surface area contributed by atoms with Crippen LogP contribution in [-0.4, -0.2) is 20.5 Å². The molecule has 0 amide bonds. The van der Waals surface area contributed by atoms with E-state index in [2.05, 4.69) is 9.71 Å². The first kappa shape index (κ1) is 14.8. The largest absolute Gasteiger partial charge is 0.496 e. The number of methoxy groups -OCH3 is 1. The molecular formula is C16H18N2O3S. The highest BCUT2D eigenvalue weighted by atomic mass is 32.2. The monoisotopic (exact) mass is 318 g/mol. The highest BCUT2D eigenvalue weighted by molar-refractivity contribution is 7.92. The zero-order chi connectivity index (χ0) is 15.6. The summed E-state index contributed by atoms with van der Waals surface area (Å²) in [5.41, 5.74) is 2.35. The summed E-state index contributed by atoms with van der Waals surface area (Å²) in [5, 5.41) is 0. The fourth-order valence-corrected chi connectivity index (χ4v) is 4.22. The Hall–Kier alpha value is -2.08. The number of aromatic nitrogens is 1. The second kappa shape index (κ2) is 5.96. The van der Waals surface area contributed by atoms with E-state index in [1.54, 1.807) is 37.6 Å². The summed E-state index contributed by atoms with van der Waals surface area (Å²) in [6, 6.07) is 6.74. The lowest BCUT2D eigenvalue weighted by molar-refractivity contribution is 0.405. The van der Waals surface area contributed by atoms with E-state index in [4.69, 9.17) is 4.74 Å². The van der Waals surface area contributed by atoms with Gasteiger partial charge in [0.05, 0.1) is 23.9 Å². The molecular weight excluding hydrogens is 300 g/mol. The van der Waals surface area contributed by atoms with E-state index in [1.807, 2.05) is 0 Å². The molecule has 0 unspecified atom stereocenters. The third-order valence-electron chi connectivity index (χ3n) is 3.87. The van der Waals surface area contributed by atoms with E-state index in [1.165, 1.54) is 6.20 Å². The van der Waals surface area contributed by atoms with Crippen LogP contribution in [0.1, 0.15) is 24.0 Å². The number of benzene rings is 1. The van der Waals surface area contributed by atoms with Crippen molar-refractivity contribution in [3.63, 3.8) is 0 Å². The number of ether oxygens (including phenoxy) is 1. The van der Waals surface area contributed by atoms with Crippen molar-refractivity contribution in [2.45, 2.75) is 30.6 Å². The van der Waals surface area contributed by atoms with Crippen molar-refractivity contribution >= 4 is 15.7 Å². The highest BCUT2D eigenvalue weighted by Crippen LogP contribution is 2.34. The van der Waals surface area contributed by atoms with Crippen molar-refractivity contribution in [2.24, 2.45) is 0 Å². The van der Waals surface area contributed by atoms with Crippen molar-refractivity contribution in [2.75, 3.05) is 11.8 Å². The maximum absolute atomic E-state index is 12.7.